The second kappa shape index (κ2) is 5.29. The lowest BCUT2D eigenvalue weighted by Crippen LogP contribution is -2.16. The number of aromatic amines is 1. The number of fused-ring (bicyclic) bond motifs is 1. The van der Waals surface area contributed by atoms with Gasteiger partial charge in [0.25, 0.3) is 5.56 Å². The van der Waals surface area contributed by atoms with Crippen molar-refractivity contribution in [2.24, 2.45) is 5.10 Å². The summed E-state index contributed by atoms with van der Waals surface area (Å²) in [6, 6.07) is 3.91. The molecule has 0 aromatic carbocycles. The molecule has 3 aromatic heterocycles. The van der Waals surface area contributed by atoms with Gasteiger partial charge in [-0.25, -0.2) is 4.98 Å². The number of aryl methyl sites for hydroxylation is 3. The molecule has 3 rings (SSSR count). The van der Waals surface area contributed by atoms with Crippen molar-refractivity contribution in [2.45, 2.75) is 27.2 Å². The number of hydrogen-bond donors (Lipinski definition) is 1. The smallest absolute Gasteiger partial charge is 0.282 e. The molecule has 108 valence electrons. The first-order valence-electron chi connectivity index (χ1n) is 6.79. The number of rotatable bonds is 3. The van der Waals surface area contributed by atoms with Crippen molar-refractivity contribution in [1.29, 1.82) is 0 Å². The fourth-order valence-electron chi connectivity index (χ4n) is 2.22. The molecular formula is C15H16N4OS. The van der Waals surface area contributed by atoms with Crippen molar-refractivity contribution < 1.29 is 0 Å². The molecule has 0 aliphatic rings. The summed E-state index contributed by atoms with van der Waals surface area (Å²) in [6.07, 6.45) is 4.07. The van der Waals surface area contributed by atoms with Gasteiger partial charge in [-0.3, -0.25) is 4.79 Å². The van der Waals surface area contributed by atoms with E-state index in [-0.39, 0.29) is 5.56 Å². The number of nitrogens with zero attached hydrogens (tertiary/aromatic N) is 3. The first kappa shape index (κ1) is 13.8. The van der Waals surface area contributed by atoms with Crippen molar-refractivity contribution in [3.8, 4) is 0 Å². The molecule has 0 saturated heterocycles. The van der Waals surface area contributed by atoms with Crippen LogP contribution >= 0.6 is 11.3 Å². The molecule has 0 radical (unpaired) electrons. The van der Waals surface area contributed by atoms with Crippen LogP contribution in [0.25, 0.3) is 10.2 Å². The van der Waals surface area contributed by atoms with E-state index in [1.165, 1.54) is 11.0 Å². The molecule has 0 amide bonds. The number of H-pyrrole nitrogens is 1. The molecule has 3 aromatic rings. The lowest BCUT2D eigenvalue weighted by molar-refractivity contribution is 0.818. The van der Waals surface area contributed by atoms with Crippen LogP contribution in [0.4, 0.5) is 0 Å². The third-order valence-corrected chi connectivity index (χ3v) is 4.53. The van der Waals surface area contributed by atoms with E-state index < -0.39 is 0 Å². The van der Waals surface area contributed by atoms with Crippen LogP contribution in [0.5, 0.6) is 0 Å². The molecule has 0 saturated carbocycles. The highest BCUT2D eigenvalue weighted by atomic mass is 32.1. The summed E-state index contributed by atoms with van der Waals surface area (Å²) in [5.41, 5.74) is 2.94. The maximum Gasteiger partial charge on any atom is 0.282 e. The lowest BCUT2D eigenvalue weighted by atomic mass is 10.3. The van der Waals surface area contributed by atoms with Gasteiger partial charge in [0.2, 0.25) is 0 Å². The highest BCUT2D eigenvalue weighted by Gasteiger charge is 2.07. The minimum absolute atomic E-state index is 0.128. The molecule has 3 heterocycles. The second-order valence-electron chi connectivity index (χ2n) is 4.96. The van der Waals surface area contributed by atoms with Gasteiger partial charge in [-0.05, 0) is 32.4 Å². The Morgan fingerprint density at radius 1 is 1.43 bits per heavy atom. The minimum atomic E-state index is -0.128. The molecular weight excluding hydrogens is 284 g/mol. The topological polar surface area (TPSA) is 63.0 Å². The normalized spacial score (nSPS) is 11.8. The molecule has 0 atom stereocenters. The maximum absolute atomic E-state index is 12.4. The SMILES string of the molecule is CCc1cc2c(=O)n(/N=C/c3cc(C)[nH]c3C)cnc2s1. The number of aromatic nitrogens is 3. The van der Waals surface area contributed by atoms with Gasteiger partial charge in [0.05, 0.1) is 11.6 Å². The molecule has 5 nitrogen and oxygen atoms in total. The van der Waals surface area contributed by atoms with E-state index in [1.807, 2.05) is 26.0 Å². The Hall–Kier alpha value is -2.21. The number of thiophene rings is 1. The van der Waals surface area contributed by atoms with Gasteiger partial charge in [0, 0.05) is 21.8 Å². The maximum atomic E-state index is 12.4. The molecule has 0 fully saturated rings. The van der Waals surface area contributed by atoms with Gasteiger partial charge in [0.15, 0.2) is 0 Å². The van der Waals surface area contributed by atoms with Gasteiger partial charge >= 0.3 is 0 Å². The summed E-state index contributed by atoms with van der Waals surface area (Å²) in [7, 11) is 0. The Bertz CT molecular complexity index is 885. The van der Waals surface area contributed by atoms with Gasteiger partial charge in [-0.2, -0.15) is 9.78 Å². The van der Waals surface area contributed by atoms with E-state index in [0.29, 0.717) is 5.39 Å². The van der Waals surface area contributed by atoms with E-state index in [9.17, 15) is 4.79 Å². The Balaban J connectivity index is 2.03. The van der Waals surface area contributed by atoms with Gasteiger partial charge < -0.3 is 4.98 Å². The monoisotopic (exact) mass is 300 g/mol. The molecule has 0 aliphatic heterocycles. The molecule has 1 N–H and O–H groups in total. The molecule has 0 unspecified atom stereocenters. The van der Waals surface area contributed by atoms with Crippen LogP contribution < -0.4 is 5.56 Å². The van der Waals surface area contributed by atoms with Crippen molar-refractivity contribution in [3.63, 3.8) is 0 Å². The first-order chi connectivity index (χ1) is 10.1. The summed E-state index contributed by atoms with van der Waals surface area (Å²) >= 11 is 1.56. The fourth-order valence-corrected chi connectivity index (χ4v) is 3.15. The summed E-state index contributed by atoms with van der Waals surface area (Å²) in [6.45, 7) is 6.03. The van der Waals surface area contributed by atoms with Crippen molar-refractivity contribution in [1.82, 2.24) is 14.6 Å². The van der Waals surface area contributed by atoms with Crippen LogP contribution in [-0.4, -0.2) is 20.9 Å². The third kappa shape index (κ3) is 2.54. The second-order valence-corrected chi connectivity index (χ2v) is 6.07. The number of nitrogens with one attached hydrogen (secondary N) is 1. The quantitative estimate of drug-likeness (QED) is 0.756. The first-order valence-corrected chi connectivity index (χ1v) is 7.60. The Labute approximate surface area is 126 Å². The van der Waals surface area contributed by atoms with E-state index >= 15 is 0 Å². The van der Waals surface area contributed by atoms with Crippen LogP contribution in [0, 0.1) is 13.8 Å². The molecule has 21 heavy (non-hydrogen) atoms. The zero-order chi connectivity index (χ0) is 15.0. The van der Waals surface area contributed by atoms with E-state index in [2.05, 4.69) is 22.0 Å². The Kier molecular flexibility index (Phi) is 3.47. The Morgan fingerprint density at radius 2 is 2.24 bits per heavy atom. The van der Waals surface area contributed by atoms with Crippen LogP contribution in [0.15, 0.2) is 28.4 Å². The van der Waals surface area contributed by atoms with E-state index in [0.717, 1.165) is 33.1 Å². The van der Waals surface area contributed by atoms with Gasteiger partial charge in [-0.1, -0.05) is 6.92 Å². The van der Waals surface area contributed by atoms with E-state index in [4.69, 9.17) is 0 Å². The number of hydrogen-bond acceptors (Lipinski definition) is 4. The van der Waals surface area contributed by atoms with Crippen molar-refractivity contribution in [2.75, 3.05) is 0 Å². The highest BCUT2D eigenvalue weighted by molar-refractivity contribution is 7.18. The minimum Gasteiger partial charge on any atom is -0.362 e. The summed E-state index contributed by atoms with van der Waals surface area (Å²) in [5, 5.41) is 4.87. The van der Waals surface area contributed by atoms with Gasteiger partial charge in [0.1, 0.15) is 11.2 Å². The lowest BCUT2D eigenvalue weighted by Gasteiger charge is -1.96. The largest absolute Gasteiger partial charge is 0.362 e. The van der Waals surface area contributed by atoms with Crippen molar-refractivity contribution in [3.05, 3.63) is 50.6 Å². The summed E-state index contributed by atoms with van der Waals surface area (Å²) in [4.78, 5) is 21.8. The van der Waals surface area contributed by atoms with E-state index in [1.54, 1.807) is 17.6 Å². The van der Waals surface area contributed by atoms with Crippen LogP contribution in [-0.2, 0) is 6.42 Å². The fraction of sp³-hybridized carbons (Fsp3) is 0.267. The molecule has 0 spiro atoms. The van der Waals surface area contributed by atoms with Crippen molar-refractivity contribution >= 4 is 27.8 Å². The molecule has 0 bridgehead atoms. The zero-order valence-electron chi connectivity index (χ0n) is 12.2. The third-order valence-electron chi connectivity index (χ3n) is 3.35. The average molecular weight is 300 g/mol. The highest BCUT2D eigenvalue weighted by Crippen LogP contribution is 2.20. The molecule has 0 aliphatic carbocycles. The predicted molar refractivity (Wildman–Crippen MR) is 86.5 cm³/mol. The van der Waals surface area contributed by atoms with Crippen LogP contribution in [0.2, 0.25) is 0 Å². The average Bonchev–Trinajstić information content (AvgIpc) is 3.01. The van der Waals surface area contributed by atoms with Gasteiger partial charge in [-0.15, -0.1) is 11.3 Å². The Morgan fingerprint density at radius 3 is 2.90 bits per heavy atom. The summed E-state index contributed by atoms with van der Waals surface area (Å²) < 4.78 is 1.29. The van der Waals surface area contributed by atoms with Crippen LogP contribution in [0.3, 0.4) is 0 Å². The predicted octanol–water partition coefficient (Wildman–Crippen LogP) is 2.85. The summed E-state index contributed by atoms with van der Waals surface area (Å²) in [5.74, 6) is 0. The molecule has 6 heteroatoms. The standard InChI is InChI=1S/C15H16N4OS/c1-4-12-6-13-14(21-12)16-8-19(15(13)20)17-7-11-5-9(2)18-10(11)3/h5-8,18H,4H2,1-3H3/b17-7+. The zero-order valence-corrected chi connectivity index (χ0v) is 13.0. The van der Waals surface area contributed by atoms with Crippen LogP contribution in [0.1, 0.15) is 28.8 Å².